The topological polar surface area (TPSA) is 44.8 Å². The predicted octanol–water partition coefficient (Wildman–Crippen LogP) is 2.67. The summed E-state index contributed by atoms with van der Waals surface area (Å²) in [6, 6.07) is 5.46. The third kappa shape index (κ3) is 3.80. The molecule has 0 spiro atoms. The van der Waals surface area contributed by atoms with Gasteiger partial charge in [-0.15, -0.1) is 0 Å². The van der Waals surface area contributed by atoms with Gasteiger partial charge in [0.05, 0.1) is 20.3 Å². The third-order valence-electron chi connectivity index (χ3n) is 2.18. The van der Waals surface area contributed by atoms with Gasteiger partial charge in [0.25, 0.3) is 0 Å². The summed E-state index contributed by atoms with van der Waals surface area (Å²) in [5, 5.41) is 0. The van der Waals surface area contributed by atoms with Crippen molar-refractivity contribution in [2.75, 3.05) is 14.2 Å². The Morgan fingerprint density at radius 1 is 1.22 bits per heavy atom. The van der Waals surface area contributed by atoms with Crippen LogP contribution in [0.1, 0.15) is 19.4 Å². The minimum Gasteiger partial charge on any atom is -0.493 e. The summed E-state index contributed by atoms with van der Waals surface area (Å²) in [5.41, 5.74) is 0.762. The summed E-state index contributed by atoms with van der Waals surface area (Å²) in [6.07, 6.45) is 2.89. The largest absolute Gasteiger partial charge is 0.493 e. The number of carbonyl (C=O) groups is 1. The Kier molecular flexibility index (Phi) is 5.24. The van der Waals surface area contributed by atoms with E-state index >= 15 is 0 Å². The standard InChI is InChI=1S/C14H18O4/c1-10(2)18-13(15)9-8-11-6-5-7-12(16-3)14(11)17-4/h5-10H,1-4H3. The first-order valence-electron chi connectivity index (χ1n) is 5.68. The predicted molar refractivity (Wildman–Crippen MR) is 69.8 cm³/mol. The Bertz CT molecular complexity index is 435. The third-order valence-corrected chi connectivity index (χ3v) is 2.18. The smallest absolute Gasteiger partial charge is 0.331 e. The van der Waals surface area contributed by atoms with E-state index in [4.69, 9.17) is 14.2 Å². The average Bonchev–Trinajstić information content (AvgIpc) is 2.34. The molecule has 1 rings (SSSR count). The fourth-order valence-electron chi connectivity index (χ4n) is 1.47. The van der Waals surface area contributed by atoms with E-state index in [1.165, 1.54) is 6.08 Å². The second-order valence-corrected chi connectivity index (χ2v) is 3.90. The molecule has 0 aliphatic carbocycles. The normalized spacial score (nSPS) is 10.7. The molecule has 18 heavy (non-hydrogen) atoms. The Labute approximate surface area is 107 Å². The molecule has 4 nitrogen and oxygen atoms in total. The van der Waals surface area contributed by atoms with Gasteiger partial charge in [0.15, 0.2) is 11.5 Å². The molecule has 0 radical (unpaired) electrons. The highest BCUT2D eigenvalue weighted by Crippen LogP contribution is 2.31. The molecule has 0 heterocycles. The van der Waals surface area contributed by atoms with Crippen LogP contribution < -0.4 is 9.47 Å². The highest BCUT2D eigenvalue weighted by Gasteiger charge is 2.07. The van der Waals surface area contributed by atoms with Crippen molar-refractivity contribution in [1.82, 2.24) is 0 Å². The van der Waals surface area contributed by atoms with Crippen LogP contribution in [0, 0.1) is 0 Å². The summed E-state index contributed by atoms with van der Waals surface area (Å²) >= 11 is 0. The van der Waals surface area contributed by atoms with Crippen molar-refractivity contribution in [3.05, 3.63) is 29.8 Å². The van der Waals surface area contributed by atoms with Crippen molar-refractivity contribution in [1.29, 1.82) is 0 Å². The van der Waals surface area contributed by atoms with Gasteiger partial charge in [-0.25, -0.2) is 4.79 Å². The van der Waals surface area contributed by atoms with Crippen molar-refractivity contribution < 1.29 is 19.0 Å². The molecule has 0 aromatic heterocycles. The van der Waals surface area contributed by atoms with E-state index in [1.807, 2.05) is 12.1 Å². The molecule has 1 aromatic rings. The van der Waals surface area contributed by atoms with Gasteiger partial charge >= 0.3 is 5.97 Å². The molecule has 0 saturated carbocycles. The zero-order valence-corrected chi connectivity index (χ0v) is 11.1. The second kappa shape index (κ2) is 6.69. The monoisotopic (exact) mass is 250 g/mol. The maximum Gasteiger partial charge on any atom is 0.331 e. The molecular formula is C14H18O4. The second-order valence-electron chi connectivity index (χ2n) is 3.90. The molecular weight excluding hydrogens is 232 g/mol. The summed E-state index contributed by atoms with van der Waals surface area (Å²) in [7, 11) is 3.13. The fourth-order valence-corrected chi connectivity index (χ4v) is 1.47. The summed E-state index contributed by atoms with van der Waals surface area (Å²) < 4.78 is 15.4. The lowest BCUT2D eigenvalue weighted by Crippen LogP contribution is -2.08. The van der Waals surface area contributed by atoms with E-state index in [9.17, 15) is 4.79 Å². The lowest BCUT2D eigenvalue weighted by atomic mass is 10.1. The van der Waals surface area contributed by atoms with Crippen LogP contribution in [0.5, 0.6) is 11.5 Å². The zero-order valence-electron chi connectivity index (χ0n) is 11.1. The number of hydrogen-bond acceptors (Lipinski definition) is 4. The van der Waals surface area contributed by atoms with E-state index in [0.29, 0.717) is 11.5 Å². The van der Waals surface area contributed by atoms with Crippen LogP contribution >= 0.6 is 0 Å². The number of ether oxygens (including phenoxy) is 3. The summed E-state index contributed by atoms with van der Waals surface area (Å²) in [4.78, 5) is 11.4. The van der Waals surface area contributed by atoms with E-state index in [1.54, 1.807) is 40.2 Å². The number of hydrogen-bond donors (Lipinski definition) is 0. The quantitative estimate of drug-likeness (QED) is 0.595. The van der Waals surface area contributed by atoms with Gasteiger partial charge < -0.3 is 14.2 Å². The molecule has 1 aromatic carbocycles. The Morgan fingerprint density at radius 2 is 1.94 bits per heavy atom. The van der Waals surface area contributed by atoms with E-state index < -0.39 is 0 Å². The minimum atomic E-state index is -0.380. The highest BCUT2D eigenvalue weighted by atomic mass is 16.5. The van der Waals surface area contributed by atoms with Gasteiger partial charge in [0.2, 0.25) is 0 Å². The van der Waals surface area contributed by atoms with Crippen molar-refractivity contribution in [2.24, 2.45) is 0 Å². The van der Waals surface area contributed by atoms with Gasteiger partial charge in [-0.1, -0.05) is 12.1 Å². The molecule has 0 aliphatic rings. The number of benzene rings is 1. The van der Waals surface area contributed by atoms with Crippen molar-refractivity contribution in [3.8, 4) is 11.5 Å². The molecule has 0 aliphatic heterocycles. The van der Waals surface area contributed by atoms with Crippen LogP contribution in [0.4, 0.5) is 0 Å². The molecule has 0 unspecified atom stereocenters. The van der Waals surface area contributed by atoms with Crippen LogP contribution in [0.2, 0.25) is 0 Å². The van der Waals surface area contributed by atoms with Crippen LogP contribution in [0.25, 0.3) is 6.08 Å². The van der Waals surface area contributed by atoms with Crippen LogP contribution in [-0.4, -0.2) is 26.3 Å². The summed E-state index contributed by atoms with van der Waals surface area (Å²) in [6.45, 7) is 3.61. The lowest BCUT2D eigenvalue weighted by Gasteiger charge is -2.10. The van der Waals surface area contributed by atoms with Gasteiger partial charge in [0.1, 0.15) is 0 Å². The Hall–Kier alpha value is -1.97. The molecule has 0 bridgehead atoms. The molecule has 98 valence electrons. The zero-order chi connectivity index (χ0) is 13.5. The number of carbonyl (C=O) groups excluding carboxylic acids is 1. The van der Waals surface area contributed by atoms with Gasteiger partial charge in [0, 0.05) is 11.6 Å². The van der Waals surface area contributed by atoms with Crippen molar-refractivity contribution in [2.45, 2.75) is 20.0 Å². The van der Waals surface area contributed by atoms with Gasteiger partial charge in [-0.05, 0) is 26.0 Å². The summed E-state index contributed by atoms with van der Waals surface area (Å²) in [5.74, 6) is 0.834. The SMILES string of the molecule is COc1cccc(C=CC(=O)OC(C)C)c1OC. The Morgan fingerprint density at radius 3 is 2.50 bits per heavy atom. The molecule has 0 fully saturated rings. The Balaban J connectivity index is 2.90. The van der Waals surface area contributed by atoms with Crippen LogP contribution in [0.15, 0.2) is 24.3 Å². The van der Waals surface area contributed by atoms with Crippen LogP contribution in [0.3, 0.4) is 0 Å². The molecule has 0 amide bonds. The number of methoxy groups -OCH3 is 2. The maximum absolute atomic E-state index is 11.4. The number of rotatable bonds is 5. The van der Waals surface area contributed by atoms with Gasteiger partial charge in [-0.3, -0.25) is 0 Å². The van der Waals surface area contributed by atoms with Crippen molar-refractivity contribution >= 4 is 12.0 Å². The highest BCUT2D eigenvalue weighted by molar-refractivity contribution is 5.88. The van der Waals surface area contributed by atoms with Crippen molar-refractivity contribution in [3.63, 3.8) is 0 Å². The lowest BCUT2D eigenvalue weighted by molar-refractivity contribution is -0.141. The average molecular weight is 250 g/mol. The first kappa shape index (κ1) is 14.1. The van der Waals surface area contributed by atoms with Gasteiger partial charge in [-0.2, -0.15) is 0 Å². The molecule has 4 heteroatoms. The number of esters is 1. The van der Waals surface area contributed by atoms with E-state index in [0.717, 1.165) is 5.56 Å². The first-order valence-corrected chi connectivity index (χ1v) is 5.68. The first-order chi connectivity index (χ1) is 8.58. The fraction of sp³-hybridized carbons (Fsp3) is 0.357. The minimum absolute atomic E-state index is 0.130. The molecule has 0 atom stereocenters. The van der Waals surface area contributed by atoms with E-state index in [-0.39, 0.29) is 12.1 Å². The van der Waals surface area contributed by atoms with Crippen LogP contribution in [-0.2, 0) is 9.53 Å². The number of para-hydroxylation sites is 1. The molecule has 0 saturated heterocycles. The molecule has 0 N–H and O–H groups in total. The maximum atomic E-state index is 11.4. The van der Waals surface area contributed by atoms with E-state index in [2.05, 4.69) is 0 Å².